The molecule has 7 rings (SSSR count). The molecule has 12 amide bonds. The fraction of sp³-hybridized carbons (Fsp3) is 0.644. The molecule has 1 spiro atoms. The maximum atomic E-state index is 15.5. The number of halogens is 7. The monoisotopic (exact) mass is 1500 g/mol. The van der Waals surface area contributed by atoms with Crippen LogP contribution in [0.3, 0.4) is 0 Å². The molecule has 4 fully saturated rings. The average molecular weight is 1500 g/mol. The molecule has 5 aliphatic rings. The number of aryl methyl sites for hydroxylation is 1. The summed E-state index contributed by atoms with van der Waals surface area (Å²) in [6.07, 6.45) is -5.49. The van der Waals surface area contributed by atoms with Crippen molar-refractivity contribution in [2.75, 3.05) is 89.2 Å². The highest BCUT2D eigenvalue weighted by molar-refractivity contribution is 6.31. The van der Waals surface area contributed by atoms with Crippen LogP contribution in [0.4, 0.5) is 26.3 Å². The van der Waals surface area contributed by atoms with Gasteiger partial charge >= 0.3 is 12.4 Å². The molecule has 3 aliphatic heterocycles. The zero-order chi connectivity index (χ0) is 77.9. The topological polar surface area (TPSA) is 279 Å². The van der Waals surface area contributed by atoms with Gasteiger partial charge in [-0.05, 0) is 118 Å². The SMILES string of the molecule is CCO[C@@H]1C[C@H]2C(=O)NC3(CCC3)C(=O)N(C)[C@@H](C3CCCC3)C(=O)N(C)[C@H](C(=O)N(C)C)CC(=O)N(C)[C@@H](CC)C(=O)N[C@@H]([C@@H](C)CC)C(=O)N(C)CC(=O)N(C)[C@H]3C/C=C\CCN(C3=O)[C@@H](Cc3ccc(C(F)(F)F)cc3)C(=O)N(C)CC(=O)N[C@@H](CCc3ccc(C(F)(F)F)c(Cl)c3)C(=O)N2C1. The number of rotatable bonds is 12. The number of carbonyl (C=O) groups excluding carboxylic acids is 12. The zero-order valence-electron chi connectivity index (χ0n) is 61.9. The Hall–Kier alpha value is -8.35. The highest BCUT2D eigenvalue weighted by Crippen LogP contribution is 2.40. The van der Waals surface area contributed by atoms with E-state index in [2.05, 4.69) is 16.0 Å². The quantitative estimate of drug-likeness (QED) is 0.176. The summed E-state index contributed by atoms with van der Waals surface area (Å²) in [5, 5.41) is 7.76. The van der Waals surface area contributed by atoms with Crippen LogP contribution in [-0.4, -0.2) is 264 Å². The van der Waals surface area contributed by atoms with Gasteiger partial charge in [0.15, 0.2) is 0 Å². The number of hydrogen-bond acceptors (Lipinski definition) is 13. The Morgan fingerprint density at radius 1 is 0.686 bits per heavy atom. The molecule has 10 atom stereocenters. The van der Waals surface area contributed by atoms with Crippen molar-refractivity contribution in [2.45, 2.75) is 203 Å². The van der Waals surface area contributed by atoms with Crippen LogP contribution in [0.5, 0.6) is 0 Å². The van der Waals surface area contributed by atoms with E-state index >= 15 is 28.8 Å². The fourth-order valence-corrected chi connectivity index (χ4v) is 15.0. The third kappa shape index (κ3) is 20.0. The molecule has 0 radical (unpaired) electrons. The second-order valence-corrected chi connectivity index (χ2v) is 29.1. The molecule has 3 heterocycles. The minimum atomic E-state index is -4.83. The second kappa shape index (κ2) is 35.8. The van der Waals surface area contributed by atoms with Crippen LogP contribution in [0.2, 0.25) is 5.02 Å². The third-order valence-corrected chi connectivity index (χ3v) is 21.7. The summed E-state index contributed by atoms with van der Waals surface area (Å²) in [5.41, 5.74) is -3.46. The van der Waals surface area contributed by atoms with Crippen LogP contribution in [0.15, 0.2) is 54.6 Å². The molecule has 105 heavy (non-hydrogen) atoms. The minimum Gasteiger partial charge on any atom is -0.377 e. The highest BCUT2D eigenvalue weighted by atomic mass is 35.5. The molecule has 2 aliphatic carbocycles. The standard InChI is InChI=1S/C73H101ClF6N12O13/c1-13-43(4)60-68(102)86(8)42-59(95)88(10)53-24-17-16-20-35-91(67(53)101)56(37-45-25-29-47(30-26-45)72(75,76)77)66(100)85(7)41-57(93)81-51(32-28-44-27-31-49(50(74)36-44)73(78,79)80)64(98)92-40-48(105-15-3)38-54(92)63(97)83-71(33-21-34-71)70(104)90(12)61(46-22-18-19-23-46)69(103)89(11)55(65(99)84(5)6)39-58(94)87(9)52(14-2)62(96)82-60/h16-17,25-27,29-31,36,43,46,48,51-56,60-61H,13-15,18-24,28,32-35,37-42H2,1-12H3,(H,81,93)(H,82,96)(H,83,97)/b17-16-/t43-,48+,51-,52-,53-,54-,55-,56-,60-,61-/m0/s1. The van der Waals surface area contributed by atoms with E-state index in [1.165, 1.54) is 66.2 Å². The molecular formula is C73H101ClF6N12O13. The number of ether oxygens (including phenoxy) is 1. The maximum absolute atomic E-state index is 15.5. The van der Waals surface area contributed by atoms with Crippen molar-refractivity contribution in [1.29, 1.82) is 0 Å². The number of likely N-dealkylation sites (N-methyl/N-ethyl adjacent to an activating group) is 7. The predicted molar refractivity (Wildman–Crippen MR) is 374 cm³/mol. The Labute approximate surface area is 614 Å². The number of nitrogens with zero attached hydrogens (tertiary/aromatic N) is 9. The van der Waals surface area contributed by atoms with Gasteiger partial charge in [0.25, 0.3) is 0 Å². The largest absolute Gasteiger partial charge is 0.417 e. The molecule has 2 bridgehead atoms. The van der Waals surface area contributed by atoms with E-state index in [1.54, 1.807) is 39.8 Å². The Bertz CT molecular complexity index is 3550. The van der Waals surface area contributed by atoms with Crippen molar-refractivity contribution < 1.29 is 88.6 Å². The summed E-state index contributed by atoms with van der Waals surface area (Å²) >= 11 is 6.16. The fourth-order valence-electron chi connectivity index (χ4n) is 14.7. The molecule has 0 unspecified atom stereocenters. The Balaban J connectivity index is 1.33. The number of nitrogens with one attached hydrogen (secondary N) is 3. The molecule has 32 heteroatoms. The van der Waals surface area contributed by atoms with Crippen LogP contribution in [0, 0.1) is 11.8 Å². The molecule has 2 saturated carbocycles. The molecule has 2 saturated heterocycles. The number of amides is 12. The van der Waals surface area contributed by atoms with Crippen molar-refractivity contribution in [3.63, 3.8) is 0 Å². The summed E-state index contributed by atoms with van der Waals surface area (Å²) in [6.45, 7) is 4.94. The van der Waals surface area contributed by atoms with Gasteiger partial charge in [-0.2, -0.15) is 26.3 Å². The molecule has 25 nitrogen and oxygen atoms in total. The van der Waals surface area contributed by atoms with Gasteiger partial charge < -0.3 is 64.8 Å². The first-order chi connectivity index (χ1) is 49.3. The Morgan fingerprint density at radius 3 is 1.90 bits per heavy atom. The summed E-state index contributed by atoms with van der Waals surface area (Å²) in [5.74, 6) is -10.5. The first-order valence-corrected chi connectivity index (χ1v) is 36.3. The van der Waals surface area contributed by atoms with Gasteiger partial charge in [0.05, 0.1) is 41.8 Å². The van der Waals surface area contributed by atoms with Gasteiger partial charge in [0.1, 0.15) is 53.9 Å². The number of benzene rings is 2. The number of fused-ring (bicyclic) bond motifs is 3. The van der Waals surface area contributed by atoms with Crippen LogP contribution in [-0.2, 0) is 87.5 Å². The van der Waals surface area contributed by atoms with E-state index < -0.39 is 197 Å². The van der Waals surface area contributed by atoms with Crippen LogP contribution in [0.1, 0.15) is 140 Å². The first kappa shape index (κ1) is 83.9. The smallest absolute Gasteiger partial charge is 0.377 e. The summed E-state index contributed by atoms with van der Waals surface area (Å²) in [6, 6.07) is -4.49. The minimum absolute atomic E-state index is 0.00134. The normalized spacial score (nSPS) is 26.4. The number of carbonyl (C=O) groups is 12. The lowest BCUT2D eigenvalue weighted by molar-refractivity contribution is -0.157. The maximum Gasteiger partial charge on any atom is 0.417 e. The molecular weight excluding hydrogens is 1400 g/mol. The van der Waals surface area contributed by atoms with E-state index in [-0.39, 0.29) is 82.2 Å². The second-order valence-electron chi connectivity index (χ2n) is 28.7. The number of hydrogen-bond donors (Lipinski definition) is 3. The van der Waals surface area contributed by atoms with Gasteiger partial charge in [0.2, 0.25) is 70.9 Å². The summed E-state index contributed by atoms with van der Waals surface area (Å²) in [4.78, 5) is 190. The van der Waals surface area contributed by atoms with E-state index in [1.807, 2.05) is 0 Å². The van der Waals surface area contributed by atoms with Crippen molar-refractivity contribution >= 4 is 82.5 Å². The van der Waals surface area contributed by atoms with Crippen molar-refractivity contribution in [2.24, 2.45) is 11.8 Å². The van der Waals surface area contributed by atoms with Crippen LogP contribution in [0.25, 0.3) is 0 Å². The van der Waals surface area contributed by atoms with Gasteiger partial charge in [-0.3, -0.25) is 57.5 Å². The predicted octanol–water partition coefficient (Wildman–Crippen LogP) is 5.48. The molecule has 0 aromatic heterocycles. The van der Waals surface area contributed by atoms with Gasteiger partial charge in [-0.15, -0.1) is 0 Å². The lowest BCUT2D eigenvalue weighted by atomic mass is 9.74. The molecule has 580 valence electrons. The van der Waals surface area contributed by atoms with Crippen LogP contribution >= 0.6 is 11.6 Å². The van der Waals surface area contributed by atoms with Crippen molar-refractivity contribution in [1.82, 2.24) is 60.0 Å². The Morgan fingerprint density at radius 2 is 1.32 bits per heavy atom. The lowest BCUT2D eigenvalue weighted by Crippen LogP contribution is -2.68. The molecule has 2 aromatic carbocycles. The summed E-state index contributed by atoms with van der Waals surface area (Å²) in [7, 11) is 10.8. The zero-order valence-corrected chi connectivity index (χ0v) is 62.6. The average Bonchev–Trinajstić information content (AvgIpc) is 1.70. The molecule has 3 N–H and O–H groups in total. The van der Waals surface area contributed by atoms with E-state index in [9.17, 15) is 55.1 Å². The van der Waals surface area contributed by atoms with Gasteiger partial charge in [0, 0.05) is 88.9 Å². The first-order valence-electron chi connectivity index (χ1n) is 35.9. The van der Waals surface area contributed by atoms with Crippen LogP contribution < -0.4 is 16.0 Å². The lowest BCUT2D eigenvalue weighted by Gasteiger charge is -2.46. The third-order valence-electron chi connectivity index (χ3n) is 21.4. The van der Waals surface area contributed by atoms with Gasteiger partial charge in [-0.25, -0.2) is 0 Å². The Kier molecular flexibility index (Phi) is 28.6. The molecule has 2 aromatic rings. The van der Waals surface area contributed by atoms with Crippen molar-refractivity contribution in [3.05, 3.63) is 81.9 Å². The van der Waals surface area contributed by atoms with Crippen molar-refractivity contribution in [3.8, 4) is 0 Å². The van der Waals surface area contributed by atoms with Gasteiger partial charge in [-0.1, -0.05) is 82.0 Å². The highest BCUT2D eigenvalue weighted by Gasteiger charge is 2.54. The number of alkyl halides is 6. The summed E-state index contributed by atoms with van der Waals surface area (Å²) < 4.78 is 89.8. The van der Waals surface area contributed by atoms with E-state index in [0.717, 1.165) is 76.8 Å². The van der Waals surface area contributed by atoms with E-state index in [0.29, 0.717) is 38.5 Å². The van der Waals surface area contributed by atoms with E-state index in [4.69, 9.17) is 16.3 Å².